The van der Waals surface area contributed by atoms with Crippen LogP contribution in [-0.4, -0.2) is 28.8 Å². The SMILES string of the molecule is N=C=N.O=[N+]([O-])c1c(S(=O)(=O)O)cc(F)c(F)c1[N+](=O)[O-]. The maximum Gasteiger partial charge on any atom is 0.385 e. The average molecular weight is 326 g/mol. The Morgan fingerprint density at radius 3 is 1.81 bits per heavy atom. The number of rotatable bonds is 3. The molecule has 0 amide bonds. The molecule has 0 aliphatic rings. The van der Waals surface area contributed by atoms with Crippen LogP contribution in [0.25, 0.3) is 0 Å². The molecule has 3 N–H and O–H groups in total. The van der Waals surface area contributed by atoms with Crippen molar-refractivity contribution in [3.8, 4) is 0 Å². The van der Waals surface area contributed by atoms with Crippen LogP contribution in [0.15, 0.2) is 11.0 Å². The minimum atomic E-state index is -5.33. The highest BCUT2D eigenvalue weighted by Gasteiger charge is 2.40. The summed E-state index contributed by atoms with van der Waals surface area (Å²) in [4.78, 5) is 15.9. The minimum Gasteiger partial charge on any atom is -0.282 e. The number of nitro benzene ring substituents is 2. The van der Waals surface area contributed by atoms with Crippen molar-refractivity contribution in [2.75, 3.05) is 0 Å². The van der Waals surface area contributed by atoms with Crippen molar-refractivity contribution in [3.63, 3.8) is 0 Å². The molecule has 1 aromatic carbocycles. The molecule has 0 unspecified atom stereocenters. The van der Waals surface area contributed by atoms with Gasteiger partial charge in [0.05, 0.1) is 15.9 Å². The predicted molar refractivity (Wildman–Crippen MR) is 59.9 cm³/mol. The Kier molecular flexibility index (Phi) is 5.67. The third-order valence-corrected chi connectivity index (χ3v) is 2.64. The molecule has 0 aliphatic heterocycles. The van der Waals surface area contributed by atoms with Crippen LogP contribution in [-0.2, 0) is 10.1 Å². The molecule has 0 bridgehead atoms. The number of benzene rings is 1. The normalized spacial score (nSPS) is 10.0. The molecular formula is C7H4F2N4O7S. The second-order valence-corrected chi connectivity index (χ2v) is 4.37. The molecule has 0 aliphatic carbocycles. The smallest absolute Gasteiger partial charge is 0.282 e. The fraction of sp³-hybridized carbons (Fsp3) is 0. The number of hydrogen-bond donors (Lipinski definition) is 3. The Balaban J connectivity index is 0.00000122. The van der Waals surface area contributed by atoms with Crippen molar-refractivity contribution in [1.29, 1.82) is 10.8 Å². The van der Waals surface area contributed by atoms with Gasteiger partial charge >= 0.3 is 21.5 Å². The molecule has 0 atom stereocenters. The zero-order chi connectivity index (χ0) is 17.0. The highest BCUT2D eigenvalue weighted by atomic mass is 32.2. The molecule has 0 radical (unpaired) electrons. The van der Waals surface area contributed by atoms with Gasteiger partial charge in [-0.3, -0.25) is 24.8 Å². The first-order chi connectivity index (χ1) is 9.48. The molecule has 0 saturated heterocycles. The van der Waals surface area contributed by atoms with Crippen LogP contribution in [0.5, 0.6) is 0 Å². The van der Waals surface area contributed by atoms with Crippen LogP contribution in [0, 0.1) is 42.7 Å². The lowest BCUT2D eigenvalue weighted by atomic mass is 10.2. The van der Waals surface area contributed by atoms with Gasteiger partial charge < -0.3 is 0 Å². The minimum absolute atomic E-state index is 0.212. The summed E-state index contributed by atoms with van der Waals surface area (Å²) in [6.45, 7) is 0. The van der Waals surface area contributed by atoms with Gasteiger partial charge in [-0.15, -0.1) is 0 Å². The predicted octanol–water partition coefficient (Wildman–Crippen LogP) is 1.35. The molecule has 1 rings (SSSR count). The van der Waals surface area contributed by atoms with Crippen molar-refractivity contribution in [2.24, 2.45) is 0 Å². The van der Waals surface area contributed by atoms with Crippen molar-refractivity contribution in [1.82, 2.24) is 0 Å². The summed E-state index contributed by atoms with van der Waals surface area (Å²) in [5.74, 6) is -4.21. The fourth-order valence-corrected chi connectivity index (χ4v) is 1.79. The van der Waals surface area contributed by atoms with Gasteiger partial charge in [-0.05, 0) is 0 Å². The largest absolute Gasteiger partial charge is 0.385 e. The van der Waals surface area contributed by atoms with Crippen LogP contribution >= 0.6 is 0 Å². The highest BCUT2D eigenvalue weighted by molar-refractivity contribution is 7.86. The molecule has 11 nitrogen and oxygen atoms in total. The van der Waals surface area contributed by atoms with E-state index in [2.05, 4.69) is 0 Å². The molecule has 0 heterocycles. The van der Waals surface area contributed by atoms with Gasteiger partial charge in [0, 0.05) is 6.07 Å². The van der Waals surface area contributed by atoms with E-state index >= 15 is 0 Å². The Morgan fingerprint density at radius 2 is 1.52 bits per heavy atom. The maximum absolute atomic E-state index is 13.0. The summed E-state index contributed by atoms with van der Waals surface area (Å²) >= 11 is 0. The second-order valence-electron chi connectivity index (χ2n) is 2.98. The van der Waals surface area contributed by atoms with E-state index in [-0.39, 0.29) is 6.07 Å². The summed E-state index contributed by atoms with van der Waals surface area (Å²) < 4.78 is 56.0. The third-order valence-electron chi connectivity index (χ3n) is 1.78. The van der Waals surface area contributed by atoms with Gasteiger partial charge in [0.25, 0.3) is 0 Å². The zero-order valence-corrected chi connectivity index (χ0v) is 10.3. The van der Waals surface area contributed by atoms with Gasteiger partial charge in [0.1, 0.15) is 0 Å². The summed E-state index contributed by atoms with van der Waals surface area (Å²) in [6.07, 6.45) is 0. The van der Waals surface area contributed by atoms with Crippen LogP contribution in [0.2, 0.25) is 0 Å². The standard InChI is InChI=1S/C6H2F2N2O7S.CH2N2/c7-2-1-3(18(15,16)17)5(9(11)12)6(4(2)8)10(13)14;2-1-3/h1H,(H,15,16,17);2-3H. The Hall–Kier alpha value is -2.83. The second kappa shape index (κ2) is 6.56. The first-order valence-electron chi connectivity index (χ1n) is 4.35. The zero-order valence-electron chi connectivity index (χ0n) is 9.53. The van der Waals surface area contributed by atoms with Crippen LogP contribution in [0.1, 0.15) is 0 Å². The summed E-state index contributed by atoms with van der Waals surface area (Å²) in [5.41, 5.74) is -3.82. The number of nitro groups is 2. The van der Waals surface area contributed by atoms with Crippen molar-refractivity contribution >= 4 is 27.5 Å². The van der Waals surface area contributed by atoms with E-state index in [1.54, 1.807) is 0 Å². The summed E-state index contributed by atoms with van der Waals surface area (Å²) in [6, 6.07) is 1.04. The van der Waals surface area contributed by atoms with Crippen molar-refractivity contribution in [3.05, 3.63) is 37.9 Å². The van der Waals surface area contributed by atoms with Crippen LogP contribution in [0.3, 0.4) is 0 Å². The Labute approximate surface area is 113 Å². The lowest BCUT2D eigenvalue weighted by Gasteiger charge is -2.02. The quantitative estimate of drug-likeness (QED) is 0.323. The summed E-state index contributed by atoms with van der Waals surface area (Å²) in [7, 11) is -5.33. The van der Waals surface area contributed by atoms with E-state index in [9.17, 15) is 37.4 Å². The van der Waals surface area contributed by atoms with Gasteiger partial charge in [0.15, 0.2) is 10.7 Å². The molecule has 0 saturated carbocycles. The van der Waals surface area contributed by atoms with E-state index in [0.717, 1.165) is 0 Å². The van der Waals surface area contributed by atoms with Gasteiger partial charge in [-0.25, -0.2) is 15.2 Å². The highest BCUT2D eigenvalue weighted by Crippen LogP contribution is 2.37. The van der Waals surface area contributed by atoms with Gasteiger partial charge in [-0.2, -0.15) is 12.8 Å². The first kappa shape index (κ1) is 18.2. The van der Waals surface area contributed by atoms with Crippen molar-refractivity contribution in [2.45, 2.75) is 4.90 Å². The molecule has 1 aromatic rings. The number of nitrogens with zero attached hydrogens (tertiary/aromatic N) is 2. The number of halogens is 2. The summed E-state index contributed by atoms with van der Waals surface area (Å²) in [5, 5.41) is 32.1. The molecule has 0 spiro atoms. The molecule has 21 heavy (non-hydrogen) atoms. The van der Waals surface area contributed by atoms with Crippen LogP contribution in [0.4, 0.5) is 20.2 Å². The van der Waals surface area contributed by atoms with Gasteiger partial charge in [-0.1, -0.05) is 0 Å². The Morgan fingerprint density at radius 1 is 1.14 bits per heavy atom. The van der Waals surface area contributed by atoms with Crippen LogP contribution < -0.4 is 0 Å². The molecule has 0 aromatic heterocycles. The van der Waals surface area contributed by atoms with Gasteiger partial charge in [0.2, 0.25) is 5.82 Å². The van der Waals surface area contributed by atoms with E-state index in [1.807, 2.05) is 0 Å². The fourth-order valence-electron chi connectivity index (χ4n) is 1.12. The monoisotopic (exact) mass is 326 g/mol. The molecule has 0 fully saturated rings. The topological polar surface area (TPSA) is 188 Å². The lowest BCUT2D eigenvalue weighted by Crippen LogP contribution is -2.09. The third kappa shape index (κ3) is 4.07. The lowest BCUT2D eigenvalue weighted by molar-refractivity contribution is -0.426. The Bertz CT molecular complexity index is 742. The van der Waals surface area contributed by atoms with Crippen molar-refractivity contribution < 1.29 is 31.6 Å². The van der Waals surface area contributed by atoms with E-state index in [4.69, 9.17) is 15.4 Å². The van der Waals surface area contributed by atoms with E-state index in [1.165, 1.54) is 6.01 Å². The van der Waals surface area contributed by atoms with E-state index in [0.29, 0.717) is 0 Å². The number of hydrogen-bond acceptors (Lipinski definition) is 8. The average Bonchev–Trinajstić information content (AvgIpc) is 2.30. The van der Waals surface area contributed by atoms with E-state index < -0.39 is 47.9 Å². The maximum atomic E-state index is 13.0. The first-order valence-corrected chi connectivity index (χ1v) is 5.79. The molecule has 14 heteroatoms. The number of nitrogens with one attached hydrogen (secondary N) is 2. The molecule has 114 valence electrons. The molecular weight excluding hydrogens is 322 g/mol.